The monoisotopic (exact) mass is 416 g/mol. The number of hydrogen-bond acceptors (Lipinski definition) is 6. The molecule has 1 aliphatic rings. The van der Waals surface area contributed by atoms with Crippen molar-refractivity contribution in [3.8, 4) is 17.0 Å². The molecule has 2 aromatic heterocycles. The Labute approximate surface area is 160 Å². The summed E-state index contributed by atoms with van der Waals surface area (Å²) in [6.07, 6.45) is 2.26. The maximum absolute atomic E-state index is 10.3. The van der Waals surface area contributed by atoms with Crippen LogP contribution in [0.3, 0.4) is 0 Å². The van der Waals surface area contributed by atoms with Crippen molar-refractivity contribution in [3.05, 3.63) is 34.4 Å². The van der Waals surface area contributed by atoms with E-state index in [1.165, 1.54) is 0 Å². The SMILES string of the molecule is Cc1cc2c(-c3ccc(Br)cc3O)nnc(N[C@@H]3CCCN(C)C3)n2n1. The fourth-order valence-electron chi connectivity index (χ4n) is 3.47. The van der Waals surface area contributed by atoms with Crippen molar-refractivity contribution in [1.29, 1.82) is 0 Å². The van der Waals surface area contributed by atoms with E-state index in [9.17, 15) is 5.11 Å². The Morgan fingerprint density at radius 3 is 2.88 bits per heavy atom. The van der Waals surface area contributed by atoms with E-state index in [0.29, 0.717) is 23.2 Å². The van der Waals surface area contributed by atoms with Gasteiger partial charge in [-0.3, -0.25) is 0 Å². The van der Waals surface area contributed by atoms with Crippen LogP contribution >= 0.6 is 15.9 Å². The van der Waals surface area contributed by atoms with Gasteiger partial charge in [0.15, 0.2) is 0 Å². The molecule has 0 radical (unpaired) electrons. The van der Waals surface area contributed by atoms with Crippen LogP contribution < -0.4 is 5.32 Å². The average molecular weight is 417 g/mol. The second-order valence-corrected chi connectivity index (χ2v) is 7.78. The summed E-state index contributed by atoms with van der Waals surface area (Å²) in [5, 5.41) is 27.2. The molecule has 0 unspecified atom stereocenters. The van der Waals surface area contributed by atoms with Crippen molar-refractivity contribution in [2.24, 2.45) is 0 Å². The third-order valence-corrected chi connectivity index (χ3v) is 5.19. The highest BCUT2D eigenvalue weighted by Gasteiger charge is 2.21. The molecular weight excluding hydrogens is 396 g/mol. The molecule has 1 aliphatic heterocycles. The summed E-state index contributed by atoms with van der Waals surface area (Å²) < 4.78 is 2.60. The van der Waals surface area contributed by atoms with Crippen molar-refractivity contribution in [3.63, 3.8) is 0 Å². The predicted molar refractivity (Wildman–Crippen MR) is 104 cm³/mol. The lowest BCUT2D eigenvalue weighted by molar-refractivity contribution is 0.260. The van der Waals surface area contributed by atoms with Crippen LogP contribution in [-0.4, -0.2) is 56.0 Å². The Kier molecular flexibility index (Phi) is 4.54. The lowest BCUT2D eigenvalue weighted by atomic mass is 10.1. The van der Waals surface area contributed by atoms with Gasteiger partial charge in [0.2, 0.25) is 5.95 Å². The standard InChI is InChI=1S/C18H21BrN6O/c1-11-8-15-17(14-6-5-12(19)9-16(14)26)21-22-18(25(15)23-11)20-13-4-3-7-24(2)10-13/h5-6,8-9,13,26H,3-4,7,10H2,1-2H3,(H,20,22)/t13-/m1/s1. The number of likely N-dealkylation sites (N-methyl/N-ethyl adjacent to an activating group) is 1. The highest BCUT2D eigenvalue weighted by molar-refractivity contribution is 9.10. The zero-order chi connectivity index (χ0) is 18.3. The normalized spacial score (nSPS) is 18.3. The molecule has 1 aromatic carbocycles. The molecule has 1 atom stereocenters. The Bertz CT molecular complexity index is 956. The lowest BCUT2D eigenvalue weighted by Gasteiger charge is -2.30. The highest BCUT2D eigenvalue weighted by atomic mass is 79.9. The second kappa shape index (κ2) is 6.85. The minimum Gasteiger partial charge on any atom is -0.507 e. The number of halogens is 1. The summed E-state index contributed by atoms with van der Waals surface area (Å²) in [5.41, 5.74) is 2.94. The topological polar surface area (TPSA) is 78.6 Å². The molecule has 0 saturated carbocycles. The van der Waals surface area contributed by atoms with Crippen LogP contribution in [-0.2, 0) is 0 Å². The predicted octanol–water partition coefficient (Wildman–Crippen LogP) is 3.07. The third kappa shape index (κ3) is 3.26. The molecule has 1 fully saturated rings. The van der Waals surface area contributed by atoms with Gasteiger partial charge in [-0.2, -0.15) is 9.61 Å². The van der Waals surface area contributed by atoms with Crippen molar-refractivity contribution < 1.29 is 5.11 Å². The Morgan fingerprint density at radius 1 is 1.27 bits per heavy atom. The first-order valence-corrected chi connectivity index (χ1v) is 9.47. The third-order valence-electron chi connectivity index (χ3n) is 4.69. The van der Waals surface area contributed by atoms with Gasteiger partial charge < -0.3 is 15.3 Å². The first-order valence-electron chi connectivity index (χ1n) is 8.68. The number of benzene rings is 1. The summed E-state index contributed by atoms with van der Waals surface area (Å²) in [5.74, 6) is 0.790. The first kappa shape index (κ1) is 17.2. The fraction of sp³-hybridized carbons (Fsp3) is 0.389. The molecule has 136 valence electrons. The van der Waals surface area contributed by atoms with Crippen molar-refractivity contribution in [1.82, 2.24) is 24.7 Å². The highest BCUT2D eigenvalue weighted by Crippen LogP contribution is 2.33. The average Bonchev–Trinajstić information content (AvgIpc) is 2.98. The molecule has 2 N–H and O–H groups in total. The second-order valence-electron chi connectivity index (χ2n) is 6.86. The smallest absolute Gasteiger partial charge is 0.244 e. The molecule has 0 spiro atoms. The van der Waals surface area contributed by atoms with Crippen LogP contribution in [0, 0.1) is 6.92 Å². The maximum Gasteiger partial charge on any atom is 0.244 e. The van der Waals surface area contributed by atoms with Gasteiger partial charge in [0.1, 0.15) is 11.4 Å². The Balaban J connectivity index is 1.76. The number of nitrogens with one attached hydrogen (secondary N) is 1. The number of phenolic OH excluding ortho intramolecular Hbond substituents is 1. The molecule has 3 aromatic rings. The van der Waals surface area contributed by atoms with Crippen LogP contribution in [0.4, 0.5) is 5.95 Å². The first-order chi connectivity index (χ1) is 12.5. The fourth-order valence-corrected chi connectivity index (χ4v) is 3.82. The van der Waals surface area contributed by atoms with E-state index < -0.39 is 0 Å². The van der Waals surface area contributed by atoms with E-state index in [1.54, 1.807) is 10.6 Å². The quantitative estimate of drug-likeness (QED) is 0.682. The molecule has 0 amide bonds. The van der Waals surface area contributed by atoms with Crippen LogP contribution in [0.1, 0.15) is 18.5 Å². The van der Waals surface area contributed by atoms with E-state index in [1.807, 2.05) is 25.1 Å². The van der Waals surface area contributed by atoms with Gasteiger partial charge in [0.05, 0.1) is 11.2 Å². The summed E-state index contributed by atoms with van der Waals surface area (Å²) in [6.45, 7) is 4.04. The largest absolute Gasteiger partial charge is 0.507 e. The number of aryl methyl sites for hydroxylation is 1. The summed E-state index contributed by atoms with van der Waals surface area (Å²) in [4.78, 5) is 2.31. The summed E-state index contributed by atoms with van der Waals surface area (Å²) in [6, 6.07) is 7.64. The summed E-state index contributed by atoms with van der Waals surface area (Å²) >= 11 is 3.37. The maximum atomic E-state index is 10.3. The number of anilines is 1. The van der Waals surface area contributed by atoms with Crippen LogP contribution in [0.5, 0.6) is 5.75 Å². The molecule has 26 heavy (non-hydrogen) atoms. The van der Waals surface area contributed by atoms with Crippen molar-refractivity contribution >= 4 is 27.4 Å². The zero-order valence-electron chi connectivity index (χ0n) is 14.8. The van der Waals surface area contributed by atoms with Gasteiger partial charge in [0, 0.05) is 22.6 Å². The van der Waals surface area contributed by atoms with Gasteiger partial charge in [-0.05, 0) is 57.6 Å². The van der Waals surface area contributed by atoms with E-state index in [4.69, 9.17) is 0 Å². The molecule has 0 bridgehead atoms. The number of aromatic nitrogens is 4. The van der Waals surface area contributed by atoms with Gasteiger partial charge in [-0.15, -0.1) is 10.2 Å². The summed E-state index contributed by atoms with van der Waals surface area (Å²) in [7, 11) is 2.13. The van der Waals surface area contributed by atoms with E-state index >= 15 is 0 Å². The molecular formula is C18H21BrN6O. The number of nitrogens with zero attached hydrogens (tertiary/aromatic N) is 5. The molecule has 8 heteroatoms. The number of piperidine rings is 1. The van der Waals surface area contributed by atoms with Crippen molar-refractivity contribution in [2.75, 3.05) is 25.5 Å². The molecule has 3 heterocycles. The minimum atomic E-state index is 0.157. The number of phenols is 1. The van der Waals surface area contributed by atoms with Gasteiger partial charge in [0.25, 0.3) is 0 Å². The van der Waals surface area contributed by atoms with Crippen LogP contribution in [0.15, 0.2) is 28.7 Å². The van der Waals surface area contributed by atoms with Crippen LogP contribution in [0.2, 0.25) is 0 Å². The van der Waals surface area contributed by atoms with E-state index in [-0.39, 0.29) is 5.75 Å². The lowest BCUT2D eigenvalue weighted by Crippen LogP contribution is -2.40. The Morgan fingerprint density at radius 2 is 2.12 bits per heavy atom. The molecule has 7 nitrogen and oxygen atoms in total. The number of aromatic hydroxyl groups is 1. The van der Waals surface area contributed by atoms with Gasteiger partial charge >= 0.3 is 0 Å². The molecule has 1 saturated heterocycles. The number of likely N-dealkylation sites (tertiary alicyclic amines) is 1. The molecule has 4 rings (SSSR count). The number of fused-ring (bicyclic) bond motifs is 1. The number of hydrogen-bond donors (Lipinski definition) is 2. The Hall–Kier alpha value is -2.19. The van der Waals surface area contributed by atoms with Crippen molar-refractivity contribution in [2.45, 2.75) is 25.8 Å². The number of rotatable bonds is 3. The minimum absolute atomic E-state index is 0.157. The van der Waals surface area contributed by atoms with E-state index in [0.717, 1.165) is 41.6 Å². The van der Waals surface area contributed by atoms with Crippen LogP contribution in [0.25, 0.3) is 16.8 Å². The van der Waals surface area contributed by atoms with Gasteiger partial charge in [-0.1, -0.05) is 15.9 Å². The van der Waals surface area contributed by atoms with E-state index in [2.05, 4.69) is 48.5 Å². The molecule has 0 aliphatic carbocycles. The zero-order valence-corrected chi connectivity index (χ0v) is 16.4. The van der Waals surface area contributed by atoms with Gasteiger partial charge in [-0.25, -0.2) is 0 Å².